The molecule has 2 aromatic rings. The van der Waals surface area contributed by atoms with Crippen molar-refractivity contribution < 1.29 is 9.11 Å². The summed E-state index contributed by atoms with van der Waals surface area (Å²) < 4.78 is 18.4. The Labute approximate surface area is 107 Å². The molecule has 0 atom stereocenters. The number of nitrogen functional groups attached to an aromatic ring is 1. The summed E-state index contributed by atoms with van der Waals surface area (Å²) in [6.07, 6.45) is 0. The summed E-state index contributed by atoms with van der Waals surface area (Å²) in [6.45, 7) is 0. The molecular weight excluding hydrogens is 262 g/mol. The molecule has 0 spiro atoms. The molecule has 16 heavy (non-hydrogen) atoms. The number of rotatable bonds is 2. The van der Waals surface area contributed by atoms with Crippen LogP contribution in [0.3, 0.4) is 0 Å². The third-order valence-corrected chi connectivity index (χ3v) is 3.52. The fourth-order valence-electron chi connectivity index (χ4n) is 1.55. The second-order valence-corrected chi connectivity index (χ2v) is 5.00. The van der Waals surface area contributed by atoms with E-state index in [-0.39, 0.29) is 0 Å². The molecule has 0 fully saturated rings. The lowest BCUT2D eigenvalue weighted by atomic mass is 10.1. The molecule has 4 N–H and O–H groups in total. The van der Waals surface area contributed by atoms with Crippen LogP contribution in [-0.4, -0.2) is 9.11 Å². The van der Waals surface area contributed by atoms with Crippen LogP contribution in [0.5, 0.6) is 0 Å². The molecule has 3 nitrogen and oxygen atoms in total. The summed E-state index contributed by atoms with van der Waals surface area (Å²) in [5, 5.41) is 1.63. The van der Waals surface area contributed by atoms with Gasteiger partial charge in [-0.1, -0.05) is 0 Å². The molecular formula is C10H9NO2S3. The molecule has 0 aliphatic carbocycles. The summed E-state index contributed by atoms with van der Waals surface area (Å²) in [7, 11) is 0. The number of nitrogens with two attached hydrogens (primary N) is 1. The van der Waals surface area contributed by atoms with Gasteiger partial charge in [0.2, 0.25) is 0 Å². The second-order valence-electron chi connectivity index (χ2n) is 3.24. The Morgan fingerprint density at radius 2 is 1.50 bits per heavy atom. The van der Waals surface area contributed by atoms with Crippen molar-refractivity contribution in [2.24, 2.45) is 0 Å². The number of fused-ring (bicyclic) bond motifs is 1. The first-order valence-electron chi connectivity index (χ1n) is 4.35. The van der Waals surface area contributed by atoms with Crippen molar-refractivity contribution in [1.29, 1.82) is 0 Å². The van der Waals surface area contributed by atoms with Crippen molar-refractivity contribution >= 4 is 53.2 Å². The van der Waals surface area contributed by atoms with Gasteiger partial charge in [-0.2, -0.15) is 0 Å². The van der Waals surface area contributed by atoms with E-state index in [2.05, 4.69) is 12.6 Å². The van der Waals surface area contributed by atoms with Gasteiger partial charge >= 0.3 is 0 Å². The van der Waals surface area contributed by atoms with Gasteiger partial charge in [0.25, 0.3) is 0 Å². The Morgan fingerprint density at radius 3 is 2.12 bits per heavy atom. The third kappa shape index (κ3) is 2.11. The average Bonchev–Trinajstić information content (AvgIpc) is 2.27. The van der Waals surface area contributed by atoms with Crippen LogP contribution in [-0.2, 0) is 0 Å². The van der Waals surface area contributed by atoms with Gasteiger partial charge in [0.1, 0.15) is 0 Å². The fraction of sp³-hybridized carbons (Fsp3) is 0. The quantitative estimate of drug-likeness (QED) is 0.380. The van der Waals surface area contributed by atoms with Gasteiger partial charge in [-0.3, -0.25) is 0 Å². The smallest absolute Gasteiger partial charge is 0.0450 e. The zero-order valence-electron chi connectivity index (χ0n) is 8.04. The lowest BCUT2D eigenvalue weighted by Gasteiger charge is -2.09. The van der Waals surface area contributed by atoms with Gasteiger partial charge < -0.3 is 14.8 Å². The van der Waals surface area contributed by atoms with Crippen molar-refractivity contribution in [3.05, 3.63) is 24.3 Å². The van der Waals surface area contributed by atoms with E-state index in [9.17, 15) is 9.11 Å². The molecule has 0 aliphatic heterocycles. The summed E-state index contributed by atoms with van der Waals surface area (Å²) in [4.78, 5) is 2.05. The van der Waals surface area contributed by atoms with Crippen molar-refractivity contribution in [3.8, 4) is 0 Å². The molecule has 0 unspecified atom stereocenters. The number of thiol groups is 1. The first kappa shape index (κ1) is 11.9. The molecule has 84 valence electrons. The normalized spacial score (nSPS) is 10.9. The Balaban J connectivity index is 2.87. The highest BCUT2D eigenvalue weighted by Gasteiger charge is 2.09. The topological polar surface area (TPSA) is 66.5 Å². The monoisotopic (exact) mass is 271 g/mol. The van der Waals surface area contributed by atoms with Gasteiger partial charge in [-0.05, 0) is 29.7 Å². The Morgan fingerprint density at radius 1 is 0.938 bits per heavy atom. The zero-order valence-corrected chi connectivity index (χ0v) is 10.6. The van der Waals surface area contributed by atoms with E-state index in [0.29, 0.717) is 39.6 Å². The summed E-state index contributed by atoms with van der Waals surface area (Å²) >= 11 is 5.53. The van der Waals surface area contributed by atoms with Gasteiger partial charge in [0, 0.05) is 49.8 Å². The lowest BCUT2D eigenvalue weighted by molar-refractivity contribution is 0.663. The van der Waals surface area contributed by atoms with Crippen LogP contribution in [0.2, 0.25) is 0 Å². The lowest BCUT2D eigenvalue weighted by Crippen LogP contribution is -1.88. The first-order chi connectivity index (χ1) is 7.65. The van der Waals surface area contributed by atoms with Gasteiger partial charge in [0.05, 0.1) is 0 Å². The number of hydrogen-bond donors (Lipinski definition) is 4. The van der Waals surface area contributed by atoms with Gasteiger partial charge in [-0.15, -0.1) is 12.6 Å². The van der Waals surface area contributed by atoms with Crippen molar-refractivity contribution in [2.75, 3.05) is 5.73 Å². The van der Waals surface area contributed by atoms with E-state index in [1.54, 1.807) is 18.2 Å². The van der Waals surface area contributed by atoms with Gasteiger partial charge in [-0.25, -0.2) is 0 Å². The molecule has 6 heteroatoms. The minimum Gasteiger partial charge on any atom is -0.399 e. The van der Waals surface area contributed by atoms with Crippen molar-refractivity contribution in [1.82, 2.24) is 0 Å². The maximum Gasteiger partial charge on any atom is 0.0450 e. The van der Waals surface area contributed by atoms with E-state index >= 15 is 0 Å². The predicted octanol–water partition coefficient (Wildman–Crippen LogP) is 3.84. The minimum atomic E-state index is 0.547. The van der Waals surface area contributed by atoms with Crippen LogP contribution in [0.15, 0.2) is 39.0 Å². The summed E-state index contributed by atoms with van der Waals surface area (Å²) in [6, 6.07) is 7.03. The highest BCUT2D eigenvalue weighted by Crippen LogP contribution is 2.36. The third-order valence-electron chi connectivity index (χ3n) is 2.20. The maximum atomic E-state index is 9.19. The molecule has 0 radical (unpaired) electrons. The van der Waals surface area contributed by atoms with Crippen LogP contribution in [0, 0.1) is 0 Å². The number of anilines is 1. The van der Waals surface area contributed by atoms with Crippen molar-refractivity contribution in [3.63, 3.8) is 0 Å². The van der Waals surface area contributed by atoms with Crippen LogP contribution >= 0.6 is 36.7 Å². The highest BCUT2D eigenvalue weighted by molar-refractivity contribution is 7.94. The average molecular weight is 271 g/mol. The van der Waals surface area contributed by atoms with E-state index < -0.39 is 0 Å². The van der Waals surface area contributed by atoms with E-state index in [1.165, 1.54) is 0 Å². The standard InChI is InChI=1S/C10H9NO2S3/c11-5-1-7-8(9(2-5)15-12)3-6(14)4-10(7)16-13/h1-4,12-14H,11H2. The van der Waals surface area contributed by atoms with E-state index in [0.717, 1.165) is 15.7 Å². The SMILES string of the molecule is Nc1cc(SO)c2cc(S)cc(SO)c2c1. The van der Waals surface area contributed by atoms with E-state index in [4.69, 9.17) is 5.73 Å². The first-order valence-corrected chi connectivity index (χ1v) is 6.34. The van der Waals surface area contributed by atoms with Crippen LogP contribution in [0.1, 0.15) is 0 Å². The Kier molecular flexibility index (Phi) is 3.56. The fourth-order valence-corrected chi connectivity index (χ4v) is 2.80. The minimum absolute atomic E-state index is 0.547. The highest BCUT2D eigenvalue weighted by atomic mass is 32.2. The molecule has 0 amide bonds. The van der Waals surface area contributed by atoms with Crippen molar-refractivity contribution in [2.45, 2.75) is 14.7 Å². The zero-order chi connectivity index (χ0) is 11.7. The predicted molar refractivity (Wildman–Crippen MR) is 72.6 cm³/mol. The molecule has 0 saturated heterocycles. The van der Waals surface area contributed by atoms with Crippen LogP contribution in [0.4, 0.5) is 5.69 Å². The molecule has 0 saturated carbocycles. The molecule has 0 heterocycles. The summed E-state index contributed by atoms with van der Waals surface area (Å²) in [5.74, 6) is 0. The van der Waals surface area contributed by atoms with Crippen LogP contribution in [0.25, 0.3) is 10.8 Å². The largest absolute Gasteiger partial charge is 0.399 e. The number of benzene rings is 2. The van der Waals surface area contributed by atoms with Gasteiger partial charge in [0.15, 0.2) is 0 Å². The summed E-state index contributed by atoms with van der Waals surface area (Å²) in [5.41, 5.74) is 6.27. The maximum absolute atomic E-state index is 9.19. The molecule has 0 aromatic heterocycles. The molecule has 0 aliphatic rings. The van der Waals surface area contributed by atoms with Crippen LogP contribution < -0.4 is 5.73 Å². The Hall–Kier alpha value is -0.530. The Bertz CT molecular complexity index is 496. The number of hydrogen-bond acceptors (Lipinski definition) is 6. The van der Waals surface area contributed by atoms with E-state index in [1.807, 2.05) is 6.07 Å². The molecule has 2 aromatic carbocycles. The molecule has 2 rings (SSSR count). The second kappa shape index (κ2) is 4.77. The molecule has 0 bridgehead atoms.